The zero-order chi connectivity index (χ0) is 12.8. The Morgan fingerprint density at radius 2 is 2.00 bits per heavy atom. The van der Waals surface area contributed by atoms with Crippen LogP contribution in [0, 0.1) is 13.8 Å². The van der Waals surface area contributed by atoms with Gasteiger partial charge < -0.3 is 4.74 Å². The van der Waals surface area contributed by atoms with Crippen molar-refractivity contribution in [1.29, 1.82) is 0 Å². The zero-order valence-electron chi connectivity index (χ0n) is 10.8. The lowest BCUT2D eigenvalue weighted by Crippen LogP contribution is -2.03. The minimum Gasteiger partial charge on any atom is -0.493 e. The summed E-state index contributed by atoms with van der Waals surface area (Å²) in [5, 5.41) is 0.846. The molecule has 0 spiro atoms. The van der Waals surface area contributed by atoms with Gasteiger partial charge in [0.05, 0.1) is 6.61 Å². The average molecular weight is 275 g/mol. The molecule has 0 unspecified atom stereocenters. The second kappa shape index (κ2) is 7.13. The lowest BCUT2D eigenvalue weighted by Gasteiger charge is -2.16. The molecule has 1 rings (SSSR count). The summed E-state index contributed by atoms with van der Waals surface area (Å²) >= 11 is 12.0. The van der Waals surface area contributed by atoms with Gasteiger partial charge in [0.15, 0.2) is 0 Å². The first-order valence-corrected chi connectivity index (χ1v) is 7.00. The van der Waals surface area contributed by atoms with Crippen LogP contribution < -0.4 is 4.74 Å². The number of benzene rings is 1. The Morgan fingerprint density at radius 3 is 2.59 bits per heavy atom. The van der Waals surface area contributed by atoms with Crippen LogP contribution in [0.1, 0.15) is 36.5 Å². The molecule has 1 aromatic rings. The Kier molecular flexibility index (Phi) is 6.15. The van der Waals surface area contributed by atoms with Crippen molar-refractivity contribution >= 4 is 23.2 Å². The largest absolute Gasteiger partial charge is 0.493 e. The molecule has 0 amide bonds. The highest BCUT2D eigenvalue weighted by atomic mass is 35.5. The molecule has 1 nitrogen and oxygen atoms in total. The van der Waals surface area contributed by atoms with E-state index in [4.69, 9.17) is 27.9 Å². The first-order valence-electron chi connectivity index (χ1n) is 6.09. The smallest absolute Gasteiger partial charge is 0.123 e. The van der Waals surface area contributed by atoms with Gasteiger partial charge in [0.25, 0.3) is 0 Å². The summed E-state index contributed by atoms with van der Waals surface area (Å²) < 4.78 is 5.80. The van der Waals surface area contributed by atoms with E-state index < -0.39 is 0 Å². The molecule has 0 aliphatic heterocycles. The van der Waals surface area contributed by atoms with Gasteiger partial charge in [-0.2, -0.15) is 0 Å². The van der Waals surface area contributed by atoms with Crippen LogP contribution in [0.25, 0.3) is 0 Å². The number of ether oxygens (including phenoxy) is 1. The first-order chi connectivity index (χ1) is 8.11. The van der Waals surface area contributed by atoms with Crippen LogP contribution in [-0.2, 0) is 6.42 Å². The molecule has 0 fully saturated rings. The van der Waals surface area contributed by atoms with Gasteiger partial charge in [-0.15, -0.1) is 11.6 Å². The Labute approximate surface area is 114 Å². The highest BCUT2D eigenvalue weighted by Gasteiger charge is 2.12. The molecule has 0 heterocycles. The Hall–Kier alpha value is -0.400. The van der Waals surface area contributed by atoms with Gasteiger partial charge in [-0.3, -0.25) is 0 Å². The standard InChI is InChI=1S/C14H20Cl2O/c1-4-8-17-13-9-10(2)14(16)11(3)12(13)6-5-7-15/h9H,4-8H2,1-3H3. The van der Waals surface area contributed by atoms with E-state index in [9.17, 15) is 0 Å². The topological polar surface area (TPSA) is 9.23 Å². The van der Waals surface area contributed by atoms with Crippen molar-refractivity contribution < 1.29 is 4.74 Å². The van der Waals surface area contributed by atoms with Crippen LogP contribution in [0.15, 0.2) is 6.07 Å². The normalized spacial score (nSPS) is 10.6. The molecule has 0 atom stereocenters. The highest BCUT2D eigenvalue weighted by molar-refractivity contribution is 6.32. The quantitative estimate of drug-likeness (QED) is 0.670. The third-order valence-corrected chi connectivity index (χ3v) is 3.64. The minimum absolute atomic E-state index is 0.665. The SMILES string of the molecule is CCCOc1cc(C)c(Cl)c(C)c1CCCCl. The lowest BCUT2D eigenvalue weighted by molar-refractivity contribution is 0.313. The molecule has 1 aromatic carbocycles. The van der Waals surface area contributed by atoms with Gasteiger partial charge >= 0.3 is 0 Å². The van der Waals surface area contributed by atoms with Crippen molar-refractivity contribution in [2.45, 2.75) is 40.0 Å². The number of hydrogen-bond donors (Lipinski definition) is 0. The van der Waals surface area contributed by atoms with E-state index in [1.165, 1.54) is 5.56 Å². The second-order valence-electron chi connectivity index (χ2n) is 4.25. The number of rotatable bonds is 6. The van der Waals surface area contributed by atoms with Gasteiger partial charge in [0, 0.05) is 10.9 Å². The maximum atomic E-state index is 6.28. The van der Waals surface area contributed by atoms with Gasteiger partial charge in [0.1, 0.15) is 5.75 Å². The zero-order valence-corrected chi connectivity index (χ0v) is 12.3. The van der Waals surface area contributed by atoms with Gasteiger partial charge in [-0.25, -0.2) is 0 Å². The Bertz CT molecular complexity index is 375. The predicted molar refractivity (Wildman–Crippen MR) is 75.8 cm³/mol. The maximum Gasteiger partial charge on any atom is 0.123 e. The van der Waals surface area contributed by atoms with Crippen LogP contribution in [0.2, 0.25) is 5.02 Å². The second-order valence-corrected chi connectivity index (χ2v) is 5.01. The minimum atomic E-state index is 0.665. The predicted octanol–water partition coefficient (Wildman–Crippen LogP) is 4.92. The van der Waals surface area contributed by atoms with E-state index in [1.54, 1.807) is 0 Å². The monoisotopic (exact) mass is 274 g/mol. The van der Waals surface area contributed by atoms with Crippen molar-refractivity contribution in [3.8, 4) is 5.75 Å². The number of halogens is 2. The summed E-state index contributed by atoms with van der Waals surface area (Å²) in [5.74, 6) is 1.63. The Balaban J connectivity index is 3.06. The van der Waals surface area contributed by atoms with E-state index >= 15 is 0 Å². The molecule has 0 aliphatic carbocycles. The molecule has 0 radical (unpaired) electrons. The average Bonchev–Trinajstić information content (AvgIpc) is 2.32. The summed E-state index contributed by atoms with van der Waals surface area (Å²) in [6.45, 7) is 6.92. The van der Waals surface area contributed by atoms with E-state index in [2.05, 4.69) is 13.8 Å². The molecule has 0 saturated carbocycles. The van der Waals surface area contributed by atoms with Crippen LogP contribution >= 0.6 is 23.2 Å². The van der Waals surface area contributed by atoms with E-state index in [1.807, 2.05) is 13.0 Å². The third-order valence-electron chi connectivity index (χ3n) is 2.80. The molecular formula is C14H20Cl2O. The van der Waals surface area contributed by atoms with Gasteiger partial charge in [-0.05, 0) is 55.9 Å². The molecule has 0 N–H and O–H groups in total. The van der Waals surface area contributed by atoms with Crippen LogP contribution in [0.3, 0.4) is 0 Å². The van der Waals surface area contributed by atoms with E-state index in [-0.39, 0.29) is 0 Å². The molecule has 0 bridgehead atoms. The number of aryl methyl sites for hydroxylation is 1. The van der Waals surface area contributed by atoms with Crippen LogP contribution in [0.5, 0.6) is 5.75 Å². The first kappa shape index (κ1) is 14.7. The fraction of sp³-hybridized carbons (Fsp3) is 0.571. The van der Waals surface area contributed by atoms with Crippen LogP contribution in [0.4, 0.5) is 0 Å². The summed E-state index contributed by atoms with van der Waals surface area (Å²) in [6, 6.07) is 2.04. The Morgan fingerprint density at radius 1 is 1.29 bits per heavy atom. The molecule has 96 valence electrons. The van der Waals surface area contributed by atoms with Gasteiger partial charge in [0.2, 0.25) is 0 Å². The molecular weight excluding hydrogens is 255 g/mol. The molecule has 0 aromatic heterocycles. The van der Waals surface area contributed by atoms with Crippen LogP contribution in [-0.4, -0.2) is 12.5 Å². The molecule has 0 saturated heterocycles. The summed E-state index contributed by atoms with van der Waals surface area (Å²) in [5.41, 5.74) is 3.41. The summed E-state index contributed by atoms with van der Waals surface area (Å²) in [6.07, 6.45) is 2.88. The van der Waals surface area contributed by atoms with Crippen molar-refractivity contribution in [2.24, 2.45) is 0 Å². The molecule has 17 heavy (non-hydrogen) atoms. The number of alkyl halides is 1. The fourth-order valence-corrected chi connectivity index (χ4v) is 2.16. The van der Waals surface area contributed by atoms with Crippen molar-refractivity contribution in [1.82, 2.24) is 0 Å². The van der Waals surface area contributed by atoms with Crippen molar-refractivity contribution in [3.05, 3.63) is 27.8 Å². The molecule has 0 aliphatic rings. The van der Waals surface area contributed by atoms with Crippen molar-refractivity contribution in [3.63, 3.8) is 0 Å². The summed E-state index contributed by atoms with van der Waals surface area (Å²) in [7, 11) is 0. The maximum absolute atomic E-state index is 6.28. The van der Waals surface area contributed by atoms with E-state index in [0.717, 1.165) is 47.8 Å². The van der Waals surface area contributed by atoms with Crippen molar-refractivity contribution in [2.75, 3.05) is 12.5 Å². The number of hydrogen-bond acceptors (Lipinski definition) is 1. The molecule has 3 heteroatoms. The van der Waals surface area contributed by atoms with E-state index in [0.29, 0.717) is 5.88 Å². The summed E-state index contributed by atoms with van der Waals surface area (Å²) in [4.78, 5) is 0. The fourth-order valence-electron chi connectivity index (χ4n) is 1.86. The van der Waals surface area contributed by atoms with Gasteiger partial charge in [-0.1, -0.05) is 18.5 Å². The highest BCUT2D eigenvalue weighted by Crippen LogP contribution is 2.32. The lowest BCUT2D eigenvalue weighted by atomic mass is 10.0. The third kappa shape index (κ3) is 3.79.